The first-order valence-electron chi connectivity index (χ1n) is 7.75. The van der Waals surface area contributed by atoms with E-state index in [1.807, 2.05) is 19.1 Å². The lowest BCUT2D eigenvalue weighted by Gasteiger charge is -2.38. The second kappa shape index (κ2) is 7.01. The maximum atomic E-state index is 12.2. The Labute approximate surface area is 145 Å². The van der Waals surface area contributed by atoms with Gasteiger partial charge < -0.3 is 20.1 Å². The highest BCUT2D eigenvalue weighted by atomic mass is 35.5. The van der Waals surface area contributed by atoms with Crippen molar-refractivity contribution in [2.75, 3.05) is 25.0 Å². The van der Waals surface area contributed by atoms with Crippen molar-refractivity contribution in [3.8, 4) is 11.5 Å². The molecule has 0 unspecified atom stereocenters. The Morgan fingerprint density at radius 3 is 2.67 bits per heavy atom. The number of anilines is 1. The Bertz CT molecular complexity index is 728. The summed E-state index contributed by atoms with van der Waals surface area (Å²) in [4.78, 5) is 13.9. The molecule has 1 aliphatic heterocycles. The standard InChI is InChI=1S/C18H19ClN2O3/c1-12-2-3-14(8-17(12)19)20-18(23)21-9-13(10-21)11-24-16-6-4-15(22)5-7-16/h2-8,13,22H,9-11H2,1H3,(H,20,23). The molecule has 3 rings (SSSR count). The van der Waals surface area contributed by atoms with Crippen molar-refractivity contribution in [3.05, 3.63) is 53.1 Å². The van der Waals surface area contributed by atoms with Gasteiger partial charge in [-0.3, -0.25) is 0 Å². The number of rotatable bonds is 4. The zero-order chi connectivity index (χ0) is 17.1. The van der Waals surface area contributed by atoms with Gasteiger partial charge in [0.15, 0.2) is 0 Å². The summed E-state index contributed by atoms with van der Waals surface area (Å²) < 4.78 is 5.65. The highest BCUT2D eigenvalue weighted by molar-refractivity contribution is 6.31. The van der Waals surface area contributed by atoms with E-state index >= 15 is 0 Å². The van der Waals surface area contributed by atoms with Gasteiger partial charge in [0.05, 0.1) is 6.61 Å². The van der Waals surface area contributed by atoms with Gasteiger partial charge in [0.25, 0.3) is 0 Å². The first-order chi connectivity index (χ1) is 11.5. The Balaban J connectivity index is 1.43. The summed E-state index contributed by atoms with van der Waals surface area (Å²) in [6.07, 6.45) is 0. The molecule has 1 aliphatic rings. The zero-order valence-electron chi connectivity index (χ0n) is 13.3. The zero-order valence-corrected chi connectivity index (χ0v) is 14.1. The fourth-order valence-electron chi connectivity index (χ4n) is 2.47. The summed E-state index contributed by atoms with van der Waals surface area (Å²) in [5, 5.41) is 12.7. The van der Waals surface area contributed by atoms with Crippen LogP contribution in [0, 0.1) is 12.8 Å². The molecule has 24 heavy (non-hydrogen) atoms. The number of aromatic hydroxyl groups is 1. The molecule has 2 amide bonds. The van der Waals surface area contributed by atoms with E-state index in [2.05, 4.69) is 5.32 Å². The van der Waals surface area contributed by atoms with Crippen LogP contribution in [0.5, 0.6) is 11.5 Å². The van der Waals surface area contributed by atoms with Crippen molar-refractivity contribution >= 4 is 23.3 Å². The molecule has 126 valence electrons. The van der Waals surface area contributed by atoms with Gasteiger partial charge in [-0.05, 0) is 48.9 Å². The molecule has 0 atom stereocenters. The van der Waals surface area contributed by atoms with Crippen molar-refractivity contribution in [2.24, 2.45) is 5.92 Å². The van der Waals surface area contributed by atoms with Crippen molar-refractivity contribution in [3.63, 3.8) is 0 Å². The molecular weight excluding hydrogens is 328 g/mol. The van der Waals surface area contributed by atoms with Crippen LogP contribution in [0.1, 0.15) is 5.56 Å². The number of hydrogen-bond acceptors (Lipinski definition) is 3. The van der Waals surface area contributed by atoms with E-state index in [9.17, 15) is 9.90 Å². The number of nitrogens with one attached hydrogen (secondary N) is 1. The first kappa shape index (κ1) is 16.5. The number of ether oxygens (including phenoxy) is 1. The number of carbonyl (C=O) groups excluding carboxylic acids is 1. The Hall–Kier alpha value is -2.40. The van der Waals surface area contributed by atoms with Crippen LogP contribution in [0.4, 0.5) is 10.5 Å². The quantitative estimate of drug-likeness (QED) is 0.882. The number of hydrogen-bond donors (Lipinski definition) is 2. The van der Waals surface area contributed by atoms with Crippen molar-refractivity contribution in [1.29, 1.82) is 0 Å². The molecule has 2 aromatic carbocycles. The Morgan fingerprint density at radius 1 is 1.29 bits per heavy atom. The molecule has 5 nitrogen and oxygen atoms in total. The minimum atomic E-state index is -0.129. The van der Waals surface area contributed by atoms with Crippen LogP contribution < -0.4 is 10.1 Å². The largest absolute Gasteiger partial charge is 0.508 e. The molecule has 6 heteroatoms. The average Bonchev–Trinajstić information content (AvgIpc) is 2.51. The van der Waals surface area contributed by atoms with E-state index in [1.165, 1.54) is 0 Å². The number of likely N-dealkylation sites (tertiary alicyclic amines) is 1. The molecule has 1 fully saturated rings. The third-order valence-electron chi connectivity index (χ3n) is 3.99. The van der Waals surface area contributed by atoms with Gasteiger partial charge in [0.1, 0.15) is 11.5 Å². The van der Waals surface area contributed by atoms with Crippen LogP contribution in [0.15, 0.2) is 42.5 Å². The van der Waals surface area contributed by atoms with Gasteiger partial charge in [-0.2, -0.15) is 0 Å². The summed E-state index contributed by atoms with van der Waals surface area (Å²) in [7, 11) is 0. The highest BCUT2D eigenvalue weighted by Crippen LogP contribution is 2.23. The number of carbonyl (C=O) groups is 1. The first-order valence-corrected chi connectivity index (χ1v) is 8.13. The van der Waals surface area contributed by atoms with Crippen molar-refractivity contribution in [2.45, 2.75) is 6.92 Å². The molecule has 0 bridgehead atoms. The van der Waals surface area contributed by atoms with Gasteiger partial charge in [-0.15, -0.1) is 0 Å². The molecule has 0 aromatic heterocycles. The molecule has 0 spiro atoms. The summed E-state index contributed by atoms with van der Waals surface area (Å²) in [5.41, 5.74) is 1.67. The summed E-state index contributed by atoms with van der Waals surface area (Å²) >= 11 is 6.06. The lowest BCUT2D eigenvalue weighted by Crippen LogP contribution is -2.53. The highest BCUT2D eigenvalue weighted by Gasteiger charge is 2.31. The fourth-order valence-corrected chi connectivity index (χ4v) is 2.65. The van der Waals surface area contributed by atoms with E-state index < -0.39 is 0 Å². The minimum Gasteiger partial charge on any atom is -0.508 e. The Kier molecular flexibility index (Phi) is 4.81. The lowest BCUT2D eigenvalue weighted by atomic mass is 10.0. The molecular formula is C18H19ClN2O3. The number of halogens is 1. The normalized spacial score (nSPS) is 14.2. The summed E-state index contributed by atoms with van der Waals surface area (Å²) in [5.74, 6) is 1.24. The van der Waals surface area contributed by atoms with Crippen LogP contribution >= 0.6 is 11.6 Å². The third-order valence-corrected chi connectivity index (χ3v) is 4.40. The van der Waals surface area contributed by atoms with Gasteiger partial charge >= 0.3 is 6.03 Å². The number of phenolic OH excluding ortho intramolecular Hbond substituents is 1. The van der Waals surface area contributed by atoms with E-state index in [0.717, 1.165) is 5.56 Å². The number of phenols is 1. The number of amides is 2. The molecule has 0 aliphatic carbocycles. The van der Waals surface area contributed by atoms with Crippen LogP contribution in [0.3, 0.4) is 0 Å². The van der Waals surface area contributed by atoms with Crippen LogP contribution in [0.2, 0.25) is 5.02 Å². The average molecular weight is 347 g/mol. The van der Waals surface area contributed by atoms with Crippen molar-refractivity contribution < 1.29 is 14.6 Å². The predicted molar refractivity (Wildman–Crippen MR) is 93.9 cm³/mol. The van der Waals surface area contributed by atoms with E-state index in [0.29, 0.717) is 42.1 Å². The molecule has 2 N–H and O–H groups in total. The summed E-state index contributed by atoms with van der Waals surface area (Å²) in [6, 6.07) is 12.0. The Morgan fingerprint density at radius 2 is 2.00 bits per heavy atom. The predicted octanol–water partition coefficient (Wildman–Crippen LogP) is 3.90. The van der Waals surface area contributed by atoms with Crippen molar-refractivity contribution in [1.82, 2.24) is 4.90 Å². The van der Waals surface area contributed by atoms with Gasteiger partial charge in [0.2, 0.25) is 0 Å². The van der Waals surface area contributed by atoms with E-state index in [-0.39, 0.29) is 11.8 Å². The molecule has 1 saturated heterocycles. The van der Waals surface area contributed by atoms with Crippen LogP contribution in [-0.2, 0) is 0 Å². The fraction of sp³-hybridized carbons (Fsp3) is 0.278. The van der Waals surface area contributed by atoms with Crippen LogP contribution in [0.25, 0.3) is 0 Å². The topological polar surface area (TPSA) is 61.8 Å². The maximum absolute atomic E-state index is 12.2. The smallest absolute Gasteiger partial charge is 0.321 e. The lowest BCUT2D eigenvalue weighted by molar-refractivity contribution is 0.0924. The van der Waals surface area contributed by atoms with E-state index in [1.54, 1.807) is 35.2 Å². The van der Waals surface area contributed by atoms with Gasteiger partial charge in [-0.1, -0.05) is 17.7 Å². The van der Waals surface area contributed by atoms with E-state index in [4.69, 9.17) is 16.3 Å². The number of aryl methyl sites for hydroxylation is 1. The molecule has 2 aromatic rings. The second-order valence-corrected chi connectivity index (χ2v) is 6.38. The number of benzene rings is 2. The molecule has 0 saturated carbocycles. The van der Waals surface area contributed by atoms with Gasteiger partial charge in [-0.25, -0.2) is 4.79 Å². The van der Waals surface area contributed by atoms with Crippen LogP contribution in [-0.4, -0.2) is 35.7 Å². The number of nitrogens with zero attached hydrogens (tertiary/aromatic N) is 1. The maximum Gasteiger partial charge on any atom is 0.321 e. The summed E-state index contributed by atoms with van der Waals surface area (Å²) in [6.45, 7) is 3.78. The third kappa shape index (κ3) is 3.92. The second-order valence-electron chi connectivity index (χ2n) is 5.97. The van der Waals surface area contributed by atoms with Gasteiger partial charge in [0, 0.05) is 29.7 Å². The SMILES string of the molecule is Cc1ccc(NC(=O)N2CC(COc3ccc(O)cc3)C2)cc1Cl. The monoisotopic (exact) mass is 346 g/mol. The molecule has 1 heterocycles. The number of urea groups is 1. The minimum absolute atomic E-state index is 0.129. The molecule has 0 radical (unpaired) electrons.